The molecule has 182 valence electrons. The first kappa shape index (κ1) is 23.4. The van der Waals surface area contributed by atoms with Crippen LogP contribution in [0.15, 0.2) is 11.6 Å². The molecular formula is C30H50O2. The molecule has 5 rings (SSSR count). The van der Waals surface area contributed by atoms with Gasteiger partial charge in [-0.2, -0.15) is 0 Å². The van der Waals surface area contributed by atoms with Crippen LogP contribution in [0.3, 0.4) is 0 Å². The van der Waals surface area contributed by atoms with Crippen molar-refractivity contribution in [1.29, 1.82) is 0 Å². The first-order chi connectivity index (χ1) is 14.8. The van der Waals surface area contributed by atoms with Gasteiger partial charge in [0.25, 0.3) is 0 Å². The van der Waals surface area contributed by atoms with Crippen molar-refractivity contribution >= 4 is 0 Å². The van der Waals surface area contributed by atoms with E-state index in [1.165, 1.54) is 44.9 Å². The van der Waals surface area contributed by atoms with E-state index in [2.05, 4.69) is 61.5 Å². The van der Waals surface area contributed by atoms with Crippen LogP contribution in [-0.2, 0) is 4.74 Å². The number of aliphatic hydroxyl groups is 1. The minimum atomic E-state index is -0.124. The predicted molar refractivity (Wildman–Crippen MR) is 132 cm³/mol. The van der Waals surface area contributed by atoms with E-state index in [1.54, 1.807) is 5.57 Å². The number of hydrogen-bond donors (Lipinski definition) is 1. The lowest BCUT2D eigenvalue weighted by atomic mass is 9.35. The van der Waals surface area contributed by atoms with Gasteiger partial charge in [-0.05, 0) is 124 Å². The van der Waals surface area contributed by atoms with Gasteiger partial charge in [0.15, 0.2) is 0 Å². The van der Waals surface area contributed by atoms with Crippen molar-refractivity contribution in [2.24, 2.45) is 45.3 Å². The van der Waals surface area contributed by atoms with Gasteiger partial charge >= 0.3 is 0 Å². The quantitative estimate of drug-likeness (QED) is 0.361. The Balaban J connectivity index is 1.40. The molecule has 0 unspecified atom stereocenters. The average molecular weight is 443 g/mol. The molecule has 9 atom stereocenters. The van der Waals surface area contributed by atoms with Crippen LogP contribution in [0.5, 0.6) is 0 Å². The smallest absolute Gasteiger partial charge is 0.0902 e. The van der Waals surface area contributed by atoms with Gasteiger partial charge < -0.3 is 9.84 Å². The molecule has 4 aliphatic carbocycles. The van der Waals surface area contributed by atoms with E-state index in [-0.39, 0.29) is 17.1 Å². The summed E-state index contributed by atoms with van der Waals surface area (Å²) >= 11 is 0. The second-order valence-corrected chi connectivity index (χ2v) is 14.6. The standard InChI is InChI=1S/C30H50O2/c1-19(9-12-25-27(4,5)32-25)20-13-17-29(7)21(20)10-11-23-28(6)16-15-24(31)26(2,3)22(28)14-18-30(23,29)8/h9,20-25,31H,10-18H2,1-8H3/t20-,21-,22+,23-,24+,25+,28+,29-,30-/m1/s1. The fourth-order valence-electron chi connectivity index (χ4n) is 10.4. The number of aliphatic hydroxyl groups excluding tert-OH is 1. The fraction of sp³-hybridized carbons (Fsp3) is 0.933. The van der Waals surface area contributed by atoms with Crippen molar-refractivity contribution in [1.82, 2.24) is 0 Å². The minimum absolute atomic E-state index is 0.0578. The Morgan fingerprint density at radius 2 is 1.50 bits per heavy atom. The number of ether oxygens (including phenoxy) is 1. The van der Waals surface area contributed by atoms with Crippen LogP contribution in [0, 0.1) is 45.3 Å². The van der Waals surface area contributed by atoms with Crippen LogP contribution in [0.2, 0.25) is 0 Å². The number of epoxide rings is 1. The molecule has 1 N–H and O–H groups in total. The molecule has 0 aromatic heterocycles. The summed E-state index contributed by atoms with van der Waals surface area (Å²) in [6.07, 6.45) is 14.4. The normalized spacial score (nSPS) is 53.8. The third-order valence-electron chi connectivity index (χ3n) is 12.8. The zero-order chi connectivity index (χ0) is 23.3. The maximum atomic E-state index is 10.9. The fourth-order valence-corrected chi connectivity index (χ4v) is 10.4. The summed E-state index contributed by atoms with van der Waals surface area (Å²) in [6, 6.07) is 0. The molecule has 0 bridgehead atoms. The minimum Gasteiger partial charge on any atom is -0.393 e. The lowest BCUT2D eigenvalue weighted by Crippen LogP contribution is -2.63. The molecule has 5 aliphatic rings. The molecule has 0 aromatic rings. The van der Waals surface area contributed by atoms with Gasteiger partial charge in [-0.1, -0.05) is 46.3 Å². The molecule has 5 fully saturated rings. The summed E-state index contributed by atoms with van der Waals surface area (Å²) in [5.74, 6) is 3.09. The van der Waals surface area contributed by atoms with Gasteiger partial charge in [0.2, 0.25) is 0 Å². The zero-order valence-corrected chi connectivity index (χ0v) is 22.3. The Labute approximate surface area is 198 Å². The molecule has 2 nitrogen and oxygen atoms in total. The first-order valence-electron chi connectivity index (χ1n) is 13.8. The van der Waals surface area contributed by atoms with Crippen molar-refractivity contribution in [3.05, 3.63) is 11.6 Å². The molecule has 0 spiro atoms. The summed E-state index contributed by atoms with van der Waals surface area (Å²) < 4.78 is 5.85. The molecular weight excluding hydrogens is 392 g/mol. The van der Waals surface area contributed by atoms with Crippen LogP contribution in [-0.4, -0.2) is 22.9 Å². The third kappa shape index (κ3) is 3.03. The summed E-state index contributed by atoms with van der Waals surface area (Å²) in [5, 5.41) is 10.9. The van der Waals surface area contributed by atoms with Crippen molar-refractivity contribution < 1.29 is 9.84 Å². The molecule has 1 saturated heterocycles. The largest absolute Gasteiger partial charge is 0.393 e. The molecule has 2 heteroatoms. The van der Waals surface area contributed by atoms with Crippen molar-refractivity contribution in [3.63, 3.8) is 0 Å². The molecule has 1 heterocycles. The van der Waals surface area contributed by atoms with Crippen molar-refractivity contribution in [2.45, 2.75) is 131 Å². The van der Waals surface area contributed by atoms with Crippen LogP contribution < -0.4 is 0 Å². The highest BCUT2D eigenvalue weighted by Gasteiger charge is 2.68. The van der Waals surface area contributed by atoms with Crippen LogP contribution in [0.25, 0.3) is 0 Å². The Bertz CT molecular complexity index is 795. The van der Waals surface area contributed by atoms with E-state index in [0.717, 1.165) is 30.6 Å². The monoisotopic (exact) mass is 442 g/mol. The van der Waals surface area contributed by atoms with Crippen molar-refractivity contribution in [3.8, 4) is 0 Å². The molecule has 0 amide bonds. The highest BCUT2D eigenvalue weighted by molar-refractivity contribution is 5.21. The third-order valence-corrected chi connectivity index (χ3v) is 12.8. The van der Waals surface area contributed by atoms with Gasteiger partial charge in [-0.15, -0.1) is 0 Å². The van der Waals surface area contributed by atoms with Crippen molar-refractivity contribution in [2.75, 3.05) is 0 Å². The van der Waals surface area contributed by atoms with Crippen LogP contribution >= 0.6 is 0 Å². The SMILES string of the molecule is CC(=CC[C@@H]1OC1(C)C)[C@H]1CC[C@]2(C)[C@@H]1CC[C@@H]1[C@@]3(C)CC[C@H](O)C(C)(C)[C@@H]3CC[C@]12C. The Morgan fingerprint density at radius 3 is 2.16 bits per heavy atom. The molecule has 0 aromatic carbocycles. The van der Waals surface area contributed by atoms with E-state index in [4.69, 9.17) is 4.74 Å². The highest BCUT2D eigenvalue weighted by Crippen LogP contribution is 2.75. The summed E-state index contributed by atoms with van der Waals surface area (Å²) in [4.78, 5) is 0. The summed E-state index contributed by atoms with van der Waals surface area (Å²) in [7, 11) is 0. The molecule has 4 saturated carbocycles. The van der Waals surface area contributed by atoms with Gasteiger partial charge in [0.1, 0.15) is 0 Å². The molecule has 1 aliphatic heterocycles. The predicted octanol–water partition coefficient (Wildman–Crippen LogP) is 7.55. The topological polar surface area (TPSA) is 32.8 Å². The van der Waals surface area contributed by atoms with Gasteiger partial charge in [0.05, 0.1) is 17.8 Å². The zero-order valence-electron chi connectivity index (χ0n) is 22.3. The maximum Gasteiger partial charge on any atom is 0.0902 e. The Hall–Kier alpha value is -0.340. The number of rotatable bonds is 3. The Morgan fingerprint density at radius 1 is 0.844 bits per heavy atom. The second kappa shape index (κ2) is 7.09. The average Bonchev–Trinajstić information content (AvgIpc) is 3.15. The van der Waals surface area contributed by atoms with E-state index in [1.807, 2.05) is 0 Å². The summed E-state index contributed by atoms with van der Waals surface area (Å²) in [6.45, 7) is 19.6. The van der Waals surface area contributed by atoms with E-state index in [0.29, 0.717) is 28.3 Å². The van der Waals surface area contributed by atoms with Crippen LogP contribution in [0.1, 0.15) is 113 Å². The first-order valence-corrected chi connectivity index (χ1v) is 13.8. The number of hydrogen-bond acceptors (Lipinski definition) is 2. The second-order valence-electron chi connectivity index (χ2n) is 14.6. The van der Waals surface area contributed by atoms with Gasteiger partial charge in [-0.25, -0.2) is 0 Å². The lowest BCUT2D eigenvalue weighted by molar-refractivity contribution is -0.220. The summed E-state index contributed by atoms with van der Waals surface area (Å²) in [5.41, 5.74) is 3.09. The van der Waals surface area contributed by atoms with E-state index in [9.17, 15) is 5.11 Å². The molecule has 0 radical (unpaired) electrons. The van der Waals surface area contributed by atoms with Gasteiger partial charge in [0, 0.05) is 0 Å². The van der Waals surface area contributed by atoms with Gasteiger partial charge in [-0.3, -0.25) is 0 Å². The van der Waals surface area contributed by atoms with Crippen LogP contribution in [0.4, 0.5) is 0 Å². The number of allylic oxidation sites excluding steroid dienone is 1. The Kier molecular flexibility index (Phi) is 5.19. The van der Waals surface area contributed by atoms with E-state index >= 15 is 0 Å². The lowest BCUT2D eigenvalue weighted by Gasteiger charge is -2.69. The maximum absolute atomic E-state index is 10.9. The highest BCUT2D eigenvalue weighted by atomic mass is 16.6. The number of fused-ring (bicyclic) bond motifs is 5. The van der Waals surface area contributed by atoms with E-state index < -0.39 is 0 Å². The molecule has 32 heavy (non-hydrogen) atoms.